The highest BCUT2D eigenvalue weighted by Gasteiger charge is 1.95. The maximum Gasteiger partial charge on any atom is 0.131 e. The van der Waals surface area contributed by atoms with Crippen molar-refractivity contribution in [3.8, 4) is 0 Å². The van der Waals surface area contributed by atoms with Crippen molar-refractivity contribution in [3.05, 3.63) is 12.7 Å². The van der Waals surface area contributed by atoms with E-state index in [-0.39, 0.29) is 5.56 Å². The Bertz CT molecular complexity index is 63.5. The van der Waals surface area contributed by atoms with Crippen molar-refractivity contribution in [1.82, 2.24) is 0 Å². The SMILES string of the molecule is C=CCOC(Cl)CC. The summed E-state index contributed by atoms with van der Waals surface area (Å²) in [5.41, 5.74) is -0.145. The van der Waals surface area contributed by atoms with Gasteiger partial charge < -0.3 is 4.74 Å². The van der Waals surface area contributed by atoms with Gasteiger partial charge >= 0.3 is 0 Å². The lowest BCUT2D eigenvalue weighted by Gasteiger charge is -2.03. The van der Waals surface area contributed by atoms with E-state index in [0.717, 1.165) is 6.42 Å². The summed E-state index contributed by atoms with van der Waals surface area (Å²) < 4.78 is 4.99. The molecule has 0 radical (unpaired) electrons. The first-order valence-corrected chi connectivity index (χ1v) is 3.11. The Labute approximate surface area is 55.3 Å². The van der Waals surface area contributed by atoms with Gasteiger partial charge in [-0.25, -0.2) is 0 Å². The molecule has 0 fully saturated rings. The molecule has 2 heteroatoms. The highest BCUT2D eigenvalue weighted by Crippen LogP contribution is 2.01. The van der Waals surface area contributed by atoms with Crippen molar-refractivity contribution in [2.24, 2.45) is 0 Å². The van der Waals surface area contributed by atoms with Gasteiger partial charge in [0.1, 0.15) is 5.56 Å². The zero-order chi connectivity index (χ0) is 6.41. The van der Waals surface area contributed by atoms with Gasteiger partial charge in [0.05, 0.1) is 6.61 Å². The van der Waals surface area contributed by atoms with Crippen molar-refractivity contribution in [2.45, 2.75) is 18.9 Å². The zero-order valence-electron chi connectivity index (χ0n) is 5.06. The van der Waals surface area contributed by atoms with E-state index in [1.807, 2.05) is 6.92 Å². The van der Waals surface area contributed by atoms with Gasteiger partial charge in [0.2, 0.25) is 0 Å². The van der Waals surface area contributed by atoms with Gasteiger partial charge in [-0.1, -0.05) is 24.6 Å². The van der Waals surface area contributed by atoms with Crippen LogP contribution in [0.3, 0.4) is 0 Å². The van der Waals surface area contributed by atoms with Crippen molar-refractivity contribution >= 4 is 11.6 Å². The second-order valence-corrected chi connectivity index (χ2v) is 1.93. The van der Waals surface area contributed by atoms with E-state index < -0.39 is 0 Å². The molecule has 0 saturated carbocycles. The van der Waals surface area contributed by atoms with Gasteiger partial charge in [-0.15, -0.1) is 6.58 Å². The molecular formula is C6H11ClO. The third-order valence-corrected chi connectivity index (χ3v) is 1.15. The third-order valence-electron chi connectivity index (χ3n) is 0.716. The maximum absolute atomic E-state index is 5.57. The van der Waals surface area contributed by atoms with Crippen LogP contribution in [-0.2, 0) is 4.74 Å². The van der Waals surface area contributed by atoms with E-state index in [1.54, 1.807) is 6.08 Å². The van der Waals surface area contributed by atoms with E-state index in [1.165, 1.54) is 0 Å². The van der Waals surface area contributed by atoms with Crippen molar-refractivity contribution in [2.75, 3.05) is 6.61 Å². The molecule has 0 heterocycles. The summed E-state index contributed by atoms with van der Waals surface area (Å²) >= 11 is 5.57. The first-order valence-electron chi connectivity index (χ1n) is 2.67. The highest BCUT2D eigenvalue weighted by atomic mass is 35.5. The fourth-order valence-electron chi connectivity index (χ4n) is 0.290. The smallest absolute Gasteiger partial charge is 0.131 e. The van der Waals surface area contributed by atoms with Crippen LogP contribution in [0, 0.1) is 0 Å². The van der Waals surface area contributed by atoms with Gasteiger partial charge in [0.25, 0.3) is 0 Å². The molecule has 0 bridgehead atoms. The quantitative estimate of drug-likeness (QED) is 0.423. The molecule has 0 aliphatic carbocycles. The van der Waals surface area contributed by atoms with E-state index in [2.05, 4.69) is 6.58 Å². The molecule has 1 atom stereocenters. The molecule has 8 heavy (non-hydrogen) atoms. The van der Waals surface area contributed by atoms with Crippen LogP contribution in [0.5, 0.6) is 0 Å². The van der Waals surface area contributed by atoms with Crippen LogP contribution in [-0.4, -0.2) is 12.2 Å². The van der Waals surface area contributed by atoms with E-state index in [0.29, 0.717) is 6.61 Å². The van der Waals surface area contributed by atoms with Gasteiger partial charge in [-0.05, 0) is 6.42 Å². The highest BCUT2D eigenvalue weighted by molar-refractivity contribution is 6.19. The maximum atomic E-state index is 5.57. The summed E-state index contributed by atoms with van der Waals surface area (Å²) in [4.78, 5) is 0. The summed E-state index contributed by atoms with van der Waals surface area (Å²) in [7, 11) is 0. The van der Waals surface area contributed by atoms with Crippen LogP contribution in [0.1, 0.15) is 13.3 Å². The van der Waals surface area contributed by atoms with Crippen LogP contribution >= 0.6 is 11.6 Å². The number of hydrogen-bond donors (Lipinski definition) is 0. The van der Waals surface area contributed by atoms with Crippen LogP contribution in [0.15, 0.2) is 12.7 Å². The molecule has 0 aliphatic heterocycles. The topological polar surface area (TPSA) is 9.23 Å². The summed E-state index contributed by atoms with van der Waals surface area (Å²) in [6.45, 7) is 6.00. The molecule has 0 spiro atoms. The number of alkyl halides is 1. The second-order valence-electron chi connectivity index (χ2n) is 1.44. The van der Waals surface area contributed by atoms with Crippen molar-refractivity contribution in [3.63, 3.8) is 0 Å². The lowest BCUT2D eigenvalue weighted by atomic mass is 10.5. The first kappa shape index (κ1) is 7.99. The molecule has 0 aromatic heterocycles. The van der Waals surface area contributed by atoms with Gasteiger partial charge in [0.15, 0.2) is 0 Å². The Morgan fingerprint density at radius 3 is 2.88 bits per heavy atom. The minimum absolute atomic E-state index is 0.145. The summed E-state index contributed by atoms with van der Waals surface area (Å²) in [5, 5.41) is 0. The lowest BCUT2D eigenvalue weighted by Crippen LogP contribution is -2.01. The molecule has 0 N–H and O–H groups in total. The predicted octanol–water partition coefficient (Wildman–Crippen LogP) is 2.16. The molecule has 0 saturated heterocycles. The molecule has 0 aromatic carbocycles. The van der Waals surface area contributed by atoms with Gasteiger partial charge in [-0.2, -0.15) is 0 Å². The standard InChI is InChI=1S/C6H11ClO/c1-3-5-8-6(7)4-2/h3,6H,1,4-5H2,2H3. The molecule has 1 unspecified atom stereocenters. The molecule has 0 aliphatic rings. The Morgan fingerprint density at radius 1 is 1.88 bits per heavy atom. The predicted molar refractivity (Wildman–Crippen MR) is 36.1 cm³/mol. The largest absolute Gasteiger partial charge is 0.358 e. The minimum atomic E-state index is -0.145. The molecule has 0 amide bonds. The van der Waals surface area contributed by atoms with Crippen LogP contribution < -0.4 is 0 Å². The Balaban J connectivity index is 2.97. The van der Waals surface area contributed by atoms with E-state index in [9.17, 15) is 0 Å². The first-order chi connectivity index (χ1) is 3.81. The van der Waals surface area contributed by atoms with Crippen molar-refractivity contribution < 1.29 is 4.74 Å². The Kier molecular flexibility index (Phi) is 5.13. The summed E-state index contributed by atoms with van der Waals surface area (Å²) in [5.74, 6) is 0. The fraction of sp³-hybridized carbons (Fsp3) is 0.667. The lowest BCUT2D eigenvalue weighted by molar-refractivity contribution is 0.131. The fourth-order valence-corrected chi connectivity index (χ4v) is 0.363. The number of ether oxygens (including phenoxy) is 1. The van der Waals surface area contributed by atoms with Crippen LogP contribution in [0.25, 0.3) is 0 Å². The van der Waals surface area contributed by atoms with Crippen LogP contribution in [0.2, 0.25) is 0 Å². The zero-order valence-corrected chi connectivity index (χ0v) is 5.82. The molecular weight excluding hydrogens is 124 g/mol. The normalized spacial score (nSPS) is 13.2. The Morgan fingerprint density at radius 2 is 2.50 bits per heavy atom. The molecule has 1 nitrogen and oxygen atoms in total. The minimum Gasteiger partial charge on any atom is -0.358 e. The Hall–Kier alpha value is -0.0100. The van der Waals surface area contributed by atoms with Gasteiger partial charge in [0, 0.05) is 0 Å². The average molecular weight is 135 g/mol. The van der Waals surface area contributed by atoms with Crippen LogP contribution in [0.4, 0.5) is 0 Å². The van der Waals surface area contributed by atoms with Crippen molar-refractivity contribution in [1.29, 1.82) is 0 Å². The number of rotatable bonds is 4. The second kappa shape index (κ2) is 5.13. The summed E-state index contributed by atoms with van der Waals surface area (Å²) in [6.07, 6.45) is 2.53. The van der Waals surface area contributed by atoms with E-state index >= 15 is 0 Å². The number of hydrogen-bond acceptors (Lipinski definition) is 1. The molecule has 0 aromatic rings. The van der Waals surface area contributed by atoms with E-state index in [4.69, 9.17) is 16.3 Å². The number of halogens is 1. The third kappa shape index (κ3) is 4.16. The van der Waals surface area contributed by atoms with Gasteiger partial charge in [-0.3, -0.25) is 0 Å². The summed E-state index contributed by atoms with van der Waals surface area (Å²) in [6, 6.07) is 0. The molecule has 0 rings (SSSR count). The average Bonchev–Trinajstić information content (AvgIpc) is 1.83. The monoisotopic (exact) mass is 134 g/mol. The molecule has 48 valence electrons.